The average molecular weight is 332 g/mol. The number of anilines is 2. The smallest absolute Gasteiger partial charge is 0.257 e. The van der Waals surface area contributed by atoms with E-state index in [1.165, 1.54) is 4.90 Å². The molecule has 0 atom stereocenters. The molecule has 6 heteroatoms. The monoisotopic (exact) mass is 331 g/mol. The van der Waals surface area contributed by atoms with E-state index in [2.05, 4.69) is 10.6 Å². The van der Waals surface area contributed by atoms with Crippen LogP contribution in [0.4, 0.5) is 11.4 Å². The van der Waals surface area contributed by atoms with E-state index >= 15 is 0 Å². The molecule has 2 rings (SSSR count). The Morgan fingerprint density at radius 2 is 1.70 bits per heavy atom. The summed E-state index contributed by atoms with van der Waals surface area (Å²) >= 11 is 5.83. The van der Waals surface area contributed by atoms with Crippen LogP contribution in [-0.2, 0) is 4.79 Å². The van der Waals surface area contributed by atoms with Gasteiger partial charge in [0.1, 0.15) is 0 Å². The van der Waals surface area contributed by atoms with Crippen molar-refractivity contribution >= 4 is 34.8 Å². The lowest BCUT2D eigenvalue weighted by atomic mass is 10.1. The van der Waals surface area contributed by atoms with Crippen molar-refractivity contribution in [1.29, 1.82) is 0 Å². The fourth-order valence-electron chi connectivity index (χ4n) is 1.90. The number of carbonyl (C=O) groups excluding carboxylic acids is 2. The second-order valence-corrected chi connectivity index (χ2v) is 5.58. The number of nitrogens with one attached hydrogen (secondary N) is 2. The zero-order valence-corrected chi connectivity index (χ0v) is 13.7. The van der Waals surface area contributed by atoms with Crippen LogP contribution in [0, 0.1) is 0 Å². The number of hydrogen-bond donors (Lipinski definition) is 2. The summed E-state index contributed by atoms with van der Waals surface area (Å²) in [6.45, 7) is 0.123. The minimum absolute atomic E-state index is 0.0714. The van der Waals surface area contributed by atoms with Gasteiger partial charge in [0, 0.05) is 30.5 Å². The van der Waals surface area contributed by atoms with E-state index in [1.807, 2.05) is 6.07 Å². The van der Waals surface area contributed by atoms with Crippen LogP contribution >= 0.6 is 11.6 Å². The third-order valence-corrected chi connectivity index (χ3v) is 3.45. The number of likely N-dealkylation sites (N-methyl/N-ethyl adjacent to an activating group) is 1. The molecule has 0 aliphatic carbocycles. The van der Waals surface area contributed by atoms with Crippen molar-refractivity contribution in [3.05, 3.63) is 59.1 Å². The molecule has 0 saturated heterocycles. The van der Waals surface area contributed by atoms with E-state index in [0.29, 0.717) is 22.0 Å². The SMILES string of the molecule is CN(C)C(=O)CNc1ccccc1C(=O)Nc1ccc(Cl)cc1. The highest BCUT2D eigenvalue weighted by atomic mass is 35.5. The maximum absolute atomic E-state index is 12.4. The van der Waals surface area contributed by atoms with Gasteiger partial charge in [0.05, 0.1) is 12.1 Å². The van der Waals surface area contributed by atoms with Crippen LogP contribution in [-0.4, -0.2) is 37.4 Å². The normalized spacial score (nSPS) is 10.0. The zero-order chi connectivity index (χ0) is 16.8. The highest BCUT2D eigenvalue weighted by molar-refractivity contribution is 6.30. The standard InChI is InChI=1S/C17H18ClN3O2/c1-21(2)16(22)11-19-15-6-4-3-5-14(15)17(23)20-13-9-7-12(18)8-10-13/h3-10,19H,11H2,1-2H3,(H,20,23). The van der Waals surface area contributed by atoms with Crippen molar-refractivity contribution in [2.24, 2.45) is 0 Å². The van der Waals surface area contributed by atoms with Gasteiger partial charge in [-0.1, -0.05) is 23.7 Å². The number of para-hydroxylation sites is 1. The second-order valence-electron chi connectivity index (χ2n) is 5.15. The number of hydrogen-bond acceptors (Lipinski definition) is 3. The Morgan fingerprint density at radius 1 is 1.04 bits per heavy atom. The van der Waals surface area contributed by atoms with Gasteiger partial charge in [-0.3, -0.25) is 9.59 Å². The summed E-state index contributed by atoms with van der Waals surface area (Å²) in [5, 5.41) is 6.40. The Bertz CT molecular complexity index is 699. The van der Waals surface area contributed by atoms with Gasteiger partial charge in [-0.25, -0.2) is 0 Å². The van der Waals surface area contributed by atoms with Gasteiger partial charge in [0.2, 0.25) is 5.91 Å². The third kappa shape index (κ3) is 4.72. The topological polar surface area (TPSA) is 61.4 Å². The number of halogens is 1. The molecule has 2 N–H and O–H groups in total. The van der Waals surface area contributed by atoms with Crippen molar-refractivity contribution in [2.45, 2.75) is 0 Å². The Morgan fingerprint density at radius 3 is 2.35 bits per heavy atom. The summed E-state index contributed by atoms with van der Waals surface area (Å²) in [5.41, 5.74) is 1.72. The van der Waals surface area contributed by atoms with Gasteiger partial charge in [-0.15, -0.1) is 0 Å². The molecule has 0 radical (unpaired) electrons. The second kappa shape index (κ2) is 7.65. The summed E-state index contributed by atoms with van der Waals surface area (Å²) in [7, 11) is 3.37. The number of carbonyl (C=O) groups is 2. The molecule has 0 saturated carbocycles. The maximum Gasteiger partial charge on any atom is 0.257 e. The predicted molar refractivity (Wildman–Crippen MR) is 93.0 cm³/mol. The molecule has 5 nitrogen and oxygen atoms in total. The van der Waals surface area contributed by atoms with Crippen LogP contribution in [0.1, 0.15) is 10.4 Å². The van der Waals surface area contributed by atoms with Crippen molar-refractivity contribution in [3.63, 3.8) is 0 Å². The van der Waals surface area contributed by atoms with Gasteiger partial charge < -0.3 is 15.5 Å². The lowest BCUT2D eigenvalue weighted by Crippen LogP contribution is -2.29. The highest BCUT2D eigenvalue weighted by Gasteiger charge is 2.12. The Balaban J connectivity index is 2.11. The minimum atomic E-state index is -0.257. The highest BCUT2D eigenvalue weighted by Crippen LogP contribution is 2.18. The van der Waals surface area contributed by atoms with Crippen LogP contribution in [0.25, 0.3) is 0 Å². The Labute approximate surface area is 140 Å². The number of amides is 2. The average Bonchev–Trinajstić information content (AvgIpc) is 2.54. The van der Waals surface area contributed by atoms with Gasteiger partial charge in [-0.05, 0) is 36.4 Å². The van der Waals surface area contributed by atoms with E-state index in [1.54, 1.807) is 56.6 Å². The molecule has 2 aromatic rings. The van der Waals surface area contributed by atoms with Crippen LogP contribution in [0.5, 0.6) is 0 Å². The Kier molecular flexibility index (Phi) is 5.60. The third-order valence-electron chi connectivity index (χ3n) is 3.20. The van der Waals surface area contributed by atoms with Gasteiger partial charge >= 0.3 is 0 Å². The van der Waals surface area contributed by atoms with Gasteiger partial charge in [0.15, 0.2) is 0 Å². The molecular formula is C17H18ClN3O2. The molecule has 23 heavy (non-hydrogen) atoms. The minimum Gasteiger partial charge on any atom is -0.376 e. The zero-order valence-electron chi connectivity index (χ0n) is 13.0. The molecule has 0 spiro atoms. The van der Waals surface area contributed by atoms with Crippen molar-refractivity contribution in [2.75, 3.05) is 31.3 Å². The molecule has 0 fully saturated rings. The fourth-order valence-corrected chi connectivity index (χ4v) is 2.02. The molecule has 120 valence electrons. The predicted octanol–water partition coefficient (Wildman–Crippen LogP) is 3.09. The molecule has 0 heterocycles. The molecule has 2 amide bonds. The van der Waals surface area contributed by atoms with Crippen LogP contribution in [0.15, 0.2) is 48.5 Å². The number of benzene rings is 2. The largest absolute Gasteiger partial charge is 0.376 e. The van der Waals surface area contributed by atoms with E-state index in [0.717, 1.165) is 0 Å². The van der Waals surface area contributed by atoms with Crippen molar-refractivity contribution < 1.29 is 9.59 Å². The molecule has 0 aliphatic heterocycles. The van der Waals surface area contributed by atoms with Crippen LogP contribution < -0.4 is 10.6 Å². The summed E-state index contributed by atoms with van der Waals surface area (Å²) < 4.78 is 0. The molecule has 0 unspecified atom stereocenters. The van der Waals surface area contributed by atoms with E-state index in [4.69, 9.17) is 11.6 Å². The molecular weight excluding hydrogens is 314 g/mol. The van der Waals surface area contributed by atoms with Crippen LogP contribution in [0.3, 0.4) is 0 Å². The number of nitrogens with zero attached hydrogens (tertiary/aromatic N) is 1. The van der Waals surface area contributed by atoms with E-state index in [9.17, 15) is 9.59 Å². The Hall–Kier alpha value is -2.53. The first kappa shape index (κ1) is 16.8. The molecule has 0 aliphatic rings. The van der Waals surface area contributed by atoms with Crippen molar-refractivity contribution in [3.8, 4) is 0 Å². The lowest BCUT2D eigenvalue weighted by Gasteiger charge is -2.14. The summed E-state index contributed by atoms with van der Waals surface area (Å²) in [5.74, 6) is -0.328. The van der Waals surface area contributed by atoms with Gasteiger partial charge in [-0.2, -0.15) is 0 Å². The maximum atomic E-state index is 12.4. The quantitative estimate of drug-likeness (QED) is 0.885. The van der Waals surface area contributed by atoms with Gasteiger partial charge in [0.25, 0.3) is 5.91 Å². The summed E-state index contributed by atoms with van der Waals surface area (Å²) in [4.78, 5) is 25.6. The first-order valence-corrected chi connectivity index (χ1v) is 7.45. The van der Waals surface area contributed by atoms with E-state index < -0.39 is 0 Å². The first-order chi connectivity index (χ1) is 11.0. The van der Waals surface area contributed by atoms with Crippen LogP contribution in [0.2, 0.25) is 5.02 Å². The molecule has 2 aromatic carbocycles. The molecule has 0 bridgehead atoms. The number of rotatable bonds is 5. The fraction of sp³-hybridized carbons (Fsp3) is 0.176. The molecule has 0 aromatic heterocycles. The lowest BCUT2D eigenvalue weighted by molar-refractivity contribution is -0.126. The summed E-state index contributed by atoms with van der Waals surface area (Å²) in [6, 6.07) is 13.9. The van der Waals surface area contributed by atoms with Crippen molar-refractivity contribution in [1.82, 2.24) is 4.90 Å². The van der Waals surface area contributed by atoms with E-state index in [-0.39, 0.29) is 18.4 Å². The summed E-state index contributed by atoms with van der Waals surface area (Å²) in [6.07, 6.45) is 0. The first-order valence-electron chi connectivity index (χ1n) is 7.07.